The van der Waals surface area contributed by atoms with Gasteiger partial charge in [0, 0.05) is 11.1 Å². The van der Waals surface area contributed by atoms with Crippen LogP contribution in [0.5, 0.6) is 0 Å². The molecular formula is C14H14ClN5O2. The molecule has 1 aromatic heterocycles. The lowest BCUT2D eigenvalue weighted by atomic mass is 10.1. The number of hydrogen-bond acceptors (Lipinski definition) is 7. The zero-order valence-corrected chi connectivity index (χ0v) is 12.5. The van der Waals surface area contributed by atoms with Gasteiger partial charge in [0.05, 0.1) is 0 Å². The first-order chi connectivity index (χ1) is 10.4. The van der Waals surface area contributed by atoms with Gasteiger partial charge in [-0.25, -0.2) is 4.79 Å². The van der Waals surface area contributed by atoms with E-state index >= 15 is 0 Å². The summed E-state index contributed by atoms with van der Waals surface area (Å²) < 4.78 is 4.99. The maximum atomic E-state index is 11.6. The van der Waals surface area contributed by atoms with Gasteiger partial charge in [-0.15, -0.1) is 0 Å². The summed E-state index contributed by atoms with van der Waals surface area (Å²) in [6.45, 7) is 1.75. The number of nitrogen functional groups attached to an aromatic ring is 2. The van der Waals surface area contributed by atoms with E-state index in [0.29, 0.717) is 5.02 Å². The molecule has 4 N–H and O–H groups in total. The predicted molar refractivity (Wildman–Crippen MR) is 83.7 cm³/mol. The van der Waals surface area contributed by atoms with Gasteiger partial charge in [-0.3, -0.25) is 0 Å². The fraction of sp³-hybridized carbons (Fsp3) is 0.143. The first kappa shape index (κ1) is 15.7. The Labute approximate surface area is 132 Å². The Morgan fingerprint density at radius 1 is 1.27 bits per heavy atom. The van der Waals surface area contributed by atoms with Gasteiger partial charge in [0.1, 0.15) is 0 Å². The summed E-state index contributed by atoms with van der Waals surface area (Å²) in [7, 11) is 0. The monoisotopic (exact) mass is 319 g/mol. The second kappa shape index (κ2) is 6.86. The standard InChI is InChI=1S/C14H14ClN5O2/c1-8-2-3-9(6-10(8)15)4-5-12(21)22-7-11-18-13(16)20-14(17)19-11/h2-6H,7H2,1H3,(H4,16,17,18,19,20)/b5-4+. The van der Waals surface area contributed by atoms with E-state index in [-0.39, 0.29) is 24.3 Å². The molecule has 0 amide bonds. The van der Waals surface area contributed by atoms with Crippen molar-refractivity contribution in [2.45, 2.75) is 13.5 Å². The predicted octanol–water partition coefficient (Wildman–Crippen LogP) is 1.75. The third kappa shape index (κ3) is 4.42. The summed E-state index contributed by atoms with van der Waals surface area (Å²) in [5.41, 5.74) is 12.6. The Bertz CT molecular complexity index is 713. The Hall–Kier alpha value is -2.67. The van der Waals surface area contributed by atoms with E-state index in [1.165, 1.54) is 6.08 Å². The fourth-order valence-electron chi connectivity index (χ4n) is 1.58. The lowest BCUT2D eigenvalue weighted by Gasteiger charge is -2.02. The molecule has 0 saturated carbocycles. The Balaban J connectivity index is 1.94. The lowest BCUT2D eigenvalue weighted by Crippen LogP contribution is -2.09. The number of nitrogens with zero attached hydrogens (tertiary/aromatic N) is 3. The van der Waals surface area contributed by atoms with Crippen molar-refractivity contribution in [2.75, 3.05) is 11.5 Å². The Morgan fingerprint density at radius 2 is 1.95 bits per heavy atom. The van der Waals surface area contributed by atoms with E-state index in [0.717, 1.165) is 11.1 Å². The van der Waals surface area contributed by atoms with Crippen LogP contribution in [0.15, 0.2) is 24.3 Å². The molecule has 114 valence electrons. The van der Waals surface area contributed by atoms with Crippen molar-refractivity contribution in [3.8, 4) is 0 Å². The largest absolute Gasteiger partial charge is 0.454 e. The summed E-state index contributed by atoms with van der Waals surface area (Å²) in [5.74, 6) is -0.411. The van der Waals surface area contributed by atoms with Crippen molar-refractivity contribution >= 4 is 35.5 Å². The molecule has 0 aliphatic carbocycles. The van der Waals surface area contributed by atoms with Gasteiger partial charge in [-0.05, 0) is 30.2 Å². The molecule has 8 heteroatoms. The molecule has 0 bridgehead atoms. The second-order valence-corrected chi connectivity index (χ2v) is 4.82. The van der Waals surface area contributed by atoms with Crippen LogP contribution in [0.2, 0.25) is 5.02 Å². The number of ether oxygens (including phenoxy) is 1. The summed E-state index contributed by atoms with van der Waals surface area (Å²) in [5, 5.41) is 0.631. The SMILES string of the molecule is Cc1ccc(/C=C/C(=O)OCc2nc(N)nc(N)n2)cc1Cl. The van der Waals surface area contributed by atoms with Gasteiger partial charge in [0.25, 0.3) is 0 Å². The van der Waals surface area contributed by atoms with Crippen molar-refractivity contribution < 1.29 is 9.53 Å². The minimum Gasteiger partial charge on any atom is -0.454 e. The highest BCUT2D eigenvalue weighted by molar-refractivity contribution is 6.31. The van der Waals surface area contributed by atoms with Crippen LogP contribution in [0.4, 0.5) is 11.9 Å². The number of aryl methyl sites for hydroxylation is 1. The number of halogens is 1. The van der Waals surface area contributed by atoms with Crippen molar-refractivity contribution in [1.82, 2.24) is 15.0 Å². The van der Waals surface area contributed by atoms with Crippen LogP contribution in [0, 0.1) is 6.92 Å². The minimum absolute atomic E-state index is 0.0246. The summed E-state index contributed by atoms with van der Waals surface area (Å²) in [4.78, 5) is 22.9. The van der Waals surface area contributed by atoms with Crippen LogP contribution >= 0.6 is 11.6 Å². The Morgan fingerprint density at radius 3 is 2.59 bits per heavy atom. The molecule has 1 aromatic carbocycles. The topological polar surface area (TPSA) is 117 Å². The fourth-order valence-corrected chi connectivity index (χ4v) is 1.77. The van der Waals surface area contributed by atoms with Crippen molar-refractivity contribution in [3.05, 3.63) is 46.2 Å². The third-order valence-corrected chi connectivity index (χ3v) is 3.07. The smallest absolute Gasteiger partial charge is 0.331 e. The van der Waals surface area contributed by atoms with E-state index in [2.05, 4.69) is 15.0 Å². The Kier molecular flexibility index (Phi) is 4.90. The van der Waals surface area contributed by atoms with Gasteiger partial charge in [-0.1, -0.05) is 23.7 Å². The number of carbonyl (C=O) groups excluding carboxylic acids is 1. The highest BCUT2D eigenvalue weighted by Gasteiger charge is 2.05. The van der Waals surface area contributed by atoms with Crippen LogP contribution in [-0.4, -0.2) is 20.9 Å². The average Bonchev–Trinajstić information content (AvgIpc) is 2.45. The number of esters is 1. The number of benzene rings is 1. The summed E-state index contributed by atoms with van der Waals surface area (Å²) >= 11 is 6.00. The third-order valence-electron chi connectivity index (χ3n) is 2.67. The molecule has 7 nitrogen and oxygen atoms in total. The van der Waals surface area contributed by atoms with Gasteiger partial charge in [-0.2, -0.15) is 15.0 Å². The van der Waals surface area contributed by atoms with Gasteiger partial charge >= 0.3 is 5.97 Å². The molecule has 0 aliphatic rings. The highest BCUT2D eigenvalue weighted by Crippen LogP contribution is 2.17. The van der Waals surface area contributed by atoms with Crippen LogP contribution in [0.25, 0.3) is 6.08 Å². The summed E-state index contributed by atoms with van der Waals surface area (Å²) in [6.07, 6.45) is 2.89. The molecule has 22 heavy (non-hydrogen) atoms. The second-order valence-electron chi connectivity index (χ2n) is 4.42. The number of aromatic nitrogens is 3. The quantitative estimate of drug-likeness (QED) is 0.651. The number of anilines is 2. The van der Waals surface area contributed by atoms with Crippen molar-refractivity contribution in [1.29, 1.82) is 0 Å². The number of rotatable bonds is 4. The molecular weight excluding hydrogens is 306 g/mol. The van der Waals surface area contributed by atoms with E-state index < -0.39 is 5.97 Å². The maximum Gasteiger partial charge on any atom is 0.331 e. The molecule has 2 rings (SSSR count). The van der Waals surface area contributed by atoms with E-state index in [1.807, 2.05) is 19.1 Å². The molecule has 0 radical (unpaired) electrons. The highest BCUT2D eigenvalue weighted by atomic mass is 35.5. The first-order valence-electron chi connectivity index (χ1n) is 6.31. The van der Waals surface area contributed by atoms with Crippen LogP contribution < -0.4 is 11.5 Å². The average molecular weight is 320 g/mol. The van der Waals surface area contributed by atoms with Crippen LogP contribution in [0.3, 0.4) is 0 Å². The normalized spacial score (nSPS) is 10.8. The minimum atomic E-state index is -0.547. The van der Waals surface area contributed by atoms with E-state index in [4.69, 9.17) is 27.8 Å². The molecule has 0 unspecified atom stereocenters. The zero-order chi connectivity index (χ0) is 16.1. The van der Waals surface area contributed by atoms with Gasteiger partial charge < -0.3 is 16.2 Å². The van der Waals surface area contributed by atoms with Gasteiger partial charge in [0.15, 0.2) is 12.4 Å². The number of nitrogens with two attached hydrogens (primary N) is 2. The molecule has 0 spiro atoms. The molecule has 1 heterocycles. The first-order valence-corrected chi connectivity index (χ1v) is 6.69. The molecule has 0 atom stereocenters. The van der Waals surface area contributed by atoms with E-state index in [9.17, 15) is 4.79 Å². The van der Waals surface area contributed by atoms with E-state index in [1.54, 1.807) is 12.1 Å². The van der Waals surface area contributed by atoms with Crippen molar-refractivity contribution in [3.63, 3.8) is 0 Å². The van der Waals surface area contributed by atoms with Crippen LogP contribution in [-0.2, 0) is 16.1 Å². The number of hydrogen-bond donors (Lipinski definition) is 2. The lowest BCUT2D eigenvalue weighted by molar-refractivity contribution is -0.139. The zero-order valence-electron chi connectivity index (χ0n) is 11.8. The maximum absolute atomic E-state index is 11.6. The molecule has 0 saturated heterocycles. The summed E-state index contributed by atoms with van der Waals surface area (Å²) in [6, 6.07) is 5.47. The molecule has 0 aliphatic heterocycles. The van der Waals surface area contributed by atoms with Crippen LogP contribution in [0.1, 0.15) is 17.0 Å². The van der Waals surface area contributed by atoms with Crippen molar-refractivity contribution in [2.24, 2.45) is 0 Å². The number of carbonyl (C=O) groups is 1. The molecule has 2 aromatic rings. The van der Waals surface area contributed by atoms with Gasteiger partial charge in [0.2, 0.25) is 11.9 Å². The molecule has 0 fully saturated rings.